The lowest BCUT2D eigenvalue weighted by Gasteiger charge is -2.68. The summed E-state index contributed by atoms with van der Waals surface area (Å²) in [5.41, 5.74) is -4.70. The van der Waals surface area contributed by atoms with E-state index in [1.807, 2.05) is 41.5 Å². The van der Waals surface area contributed by atoms with Crippen LogP contribution in [0.3, 0.4) is 0 Å². The van der Waals surface area contributed by atoms with Crippen LogP contribution in [-0.2, 0) is 14.3 Å². The Kier molecular flexibility index (Phi) is 5.21. The molecule has 0 spiro atoms. The maximum absolute atomic E-state index is 14.2. The first kappa shape index (κ1) is 24.3. The average molecular weight is 453 g/mol. The highest BCUT2D eigenvalue weighted by atomic mass is 16.6. The second kappa shape index (κ2) is 6.86. The van der Waals surface area contributed by atoms with Crippen molar-refractivity contribution in [2.24, 2.45) is 22.7 Å². The summed E-state index contributed by atoms with van der Waals surface area (Å²) in [7, 11) is 0. The lowest BCUT2D eigenvalue weighted by molar-refractivity contribution is -0.344. The largest absolute Gasteiger partial charge is 0.389 e. The van der Waals surface area contributed by atoms with Gasteiger partial charge in [0.2, 0.25) is 0 Å². The molecule has 0 radical (unpaired) electrons. The van der Waals surface area contributed by atoms with Crippen LogP contribution in [0.25, 0.3) is 0 Å². The molecule has 1 aliphatic heterocycles. The van der Waals surface area contributed by atoms with Gasteiger partial charge in [-0.05, 0) is 51.7 Å². The Morgan fingerprint density at radius 2 is 1.72 bits per heavy atom. The smallest absolute Gasteiger partial charge is 0.174 e. The Labute approximate surface area is 190 Å². The zero-order valence-electron chi connectivity index (χ0n) is 20.6. The number of carbonyl (C=O) groups excluding carboxylic acids is 1. The number of aliphatic hydroxyl groups is 4. The van der Waals surface area contributed by atoms with E-state index in [9.17, 15) is 25.2 Å². The summed E-state index contributed by atoms with van der Waals surface area (Å²) < 4.78 is 12.1. The number of Topliss-reactive ketones (excluding diaryl/α,β-unsaturated/α-hetero) is 1. The maximum atomic E-state index is 14.2. The summed E-state index contributed by atoms with van der Waals surface area (Å²) in [6, 6.07) is 0. The van der Waals surface area contributed by atoms with Gasteiger partial charge >= 0.3 is 0 Å². The lowest BCUT2D eigenvalue weighted by atomic mass is 9.42. The van der Waals surface area contributed by atoms with E-state index in [0.717, 1.165) is 0 Å². The Morgan fingerprint density at radius 3 is 2.22 bits per heavy atom. The summed E-state index contributed by atoms with van der Waals surface area (Å²) in [6.45, 7) is 14.8. The van der Waals surface area contributed by atoms with Crippen LogP contribution < -0.4 is 0 Å². The van der Waals surface area contributed by atoms with Gasteiger partial charge in [-0.15, -0.1) is 0 Å². The fraction of sp³-hybridized carbons (Fsp3) is 0.880. The van der Waals surface area contributed by atoms with Crippen LogP contribution in [0.5, 0.6) is 0 Å². The number of ether oxygens (including phenoxy) is 2. The quantitative estimate of drug-likeness (QED) is 0.448. The van der Waals surface area contributed by atoms with Crippen LogP contribution in [0.4, 0.5) is 0 Å². The van der Waals surface area contributed by atoms with Crippen LogP contribution in [0.15, 0.2) is 11.1 Å². The molecule has 0 aromatic rings. The minimum atomic E-state index is -1.52. The van der Waals surface area contributed by atoms with Crippen molar-refractivity contribution in [2.45, 2.75) is 109 Å². The van der Waals surface area contributed by atoms with Crippen molar-refractivity contribution in [1.82, 2.24) is 0 Å². The highest BCUT2D eigenvalue weighted by Gasteiger charge is 2.74. The third kappa shape index (κ3) is 2.85. The van der Waals surface area contributed by atoms with Gasteiger partial charge < -0.3 is 29.9 Å². The molecule has 1 saturated heterocycles. The molecule has 0 amide bonds. The first-order valence-corrected chi connectivity index (χ1v) is 11.8. The maximum Gasteiger partial charge on any atom is 0.174 e. The Bertz CT molecular complexity index is 857. The fourth-order valence-corrected chi connectivity index (χ4v) is 7.58. The van der Waals surface area contributed by atoms with E-state index in [1.54, 1.807) is 13.8 Å². The van der Waals surface area contributed by atoms with Gasteiger partial charge in [0, 0.05) is 24.2 Å². The van der Waals surface area contributed by atoms with Gasteiger partial charge in [-0.25, -0.2) is 0 Å². The topological polar surface area (TPSA) is 116 Å². The summed E-state index contributed by atoms with van der Waals surface area (Å²) in [5.74, 6) is -1.74. The SMILES string of the molecule is CC1=C2C(O)C(=O)[C@]3(C)C(OC(C)(C)C)CC4OCC4(O)C3C(C)C(O)(CC1O)C2(C)C. The number of hydrogen-bond donors (Lipinski definition) is 4. The number of carbonyl (C=O) groups is 1. The van der Waals surface area contributed by atoms with Gasteiger partial charge in [0.15, 0.2) is 5.78 Å². The predicted molar refractivity (Wildman–Crippen MR) is 118 cm³/mol. The first-order valence-electron chi connectivity index (χ1n) is 11.8. The predicted octanol–water partition coefficient (Wildman–Crippen LogP) is 1.74. The van der Waals surface area contributed by atoms with E-state index in [2.05, 4.69) is 0 Å². The first-order chi connectivity index (χ1) is 14.4. The van der Waals surface area contributed by atoms with Crippen molar-refractivity contribution in [3.8, 4) is 0 Å². The van der Waals surface area contributed by atoms with Gasteiger partial charge in [0.1, 0.15) is 11.7 Å². The summed E-state index contributed by atoms with van der Waals surface area (Å²) >= 11 is 0. The number of rotatable bonds is 1. The molecule has 1 heterocycles. The van der Waals surface area contributed by atoms with Crippen molar-refractivity contribution in [1.29, 1.82) is 0 Å². The molecule has 2 bridgehead atoms. The third-order valence-corrected chi connectivity index (χ3v) is 9.34. The zero-order valence-corrected chi connectivity index (χ0v) is 20.6. The molecule has 7 nitrogen and oxygen atoms in total. The van der Waals surface area contributed by atoms with E-state index in [4.69, 9.17) is 9.47 Å². The second-order valence-electron chi connectivity index (χ2n) is 12.4. The van der Waals surface area contributed by atoms with Crippen LogP contribution >= 0.6 is 0 Å². The van der Waals surface area contributed by atoms with Gasteiger partial charge in [0.25, 0.3) is 0 Å². The van der Waals surface area contributed by atoms with Gasteiger partial charge in [-0.3, -0.25) is 4.79 Å². The van der Waals surface area contributed by atoms with E-state index in [1.165, 1.54) is 0 Å². The third-order valence-electron chi connectivity index (χ3n) is 9.34. The Morgan fingerprint density at radius 1 is 1.12 bits per heavy atom. The molecule has 3 fully saturated rings. The molecule has 4 aliphatic rings. The summed E-state index contributed by atoms with van der Waals surface area (Å²) in [4.78, 5) is 14.2. The molecule has 3 aliphatic carbocycles. The monoisotopic (exact) mass is 452 g/mol. The molecule has 0 aromatic carbocycles. The molecule has 7 heteroatoms. The fourth-order valence-electron chi connectivity index (χ4n) is 7.58. The molecule has 9 atom stereocenters. The van der Waals surface area contributed by atoms with Gasteiger partial charge in [-0.2, -0.15) is 0 Å². The highest BCUT2D eigenvalue weighted by Crippen LogP contribution is 2.64. The minimum Gasteiger partial charge on any atom is -0.389 e. The normalized spacial score (nSPS) is 50.7. The summed E-state index contributed by atoms with van der Waals surface area (Å²) in [6.07, 6.45) is -3.23. The number of hydrogen-bond acceptors (Lipinski definition) is 7. The minimum absolute atomic E-state index is 0.0641. The van der Waals surface area contributed by atoms with Crippen LogP contribution in [0, 0.1) is 22.7 Å². The molecule has 0 aromatic heterocycles. The molecule has 4 N–H and O–H groups in total. The van der Waals surface area contributed by atoms with Crippen molar-refractivity contribution in [3.63, 3.8) is 0 Å². The number of aliphatic hydroxyl groups excluding tert-OH is 2. The van der Waals surface area contributed by atoms with E-state index in [-0.39, 0.29) is 13.0 Å². The highest BCUT2D eigenvalue weighted by molar-refractivity contribution is 5.93. The second-order valence-corrected chi connectivity index (χ2v) is 12.4. The Hall–Kier alpha value is -0.830. The van der Waals surface area contributed by atoms with Crippen LogP contribution in [-0.4, -0.2) is 74.0 Å². The molecule has 2 saturated carbocycles. The zero-order chi connectivity index (χ0) is 24.2. The van der Waals surface area contributed by atoms with Gasteiger partial charge in [0.05, 0.1) is 41.5 Å². The molecular formula is C25H40O7. The van der Waals surface area contributed by atoms with Crippen LogP contribution in [0.2, 0.25) is 0 Å². The van der Waals surface area contributed by atoms with E-state index >= 15 is 0 Å². The van der Waals surface area contributed by atoms with Gasteiger partial charge in [-0.1, -0.05) is 20.8 Å². The lowest BCUT2D eigenvalue weighted by Crippen LogP contribution is -2.79. The van der Waals surface area contributed by atoms with Crippen molar-refractivity contribution >= 4 is 5.78 Å². The van der Waals surface area contributed by atoms with E-state index < -0.39 is 69.7 Å². The molecule has 8 unspecified atom stereocenters. The number of ketones is 1. The molecule has 32 heavy (non-hydrogen) atoms. The van der Waals surface area contributed by atoms with Crippen LogP contribution in [0.1, 0.15) is 68.2 Å². The average Bonchev–Trinajstić information content (AvgIpc) is 2.65. The number of fused-ring (bicyclic) bond motifs is 5. The van der Waals surface area contributed by atoms with Crippen molar-refractivity contribution in [3.05, 3.63) is 11.1 Å². The molecular weight excluding hydrogens is 412 g/mol. The standard InChI is InChI=1S/C25H40O7/c1-12-14(26)10-25(30)13(2)19-23(8,20(28)18(27)17(12)22(25,6)7)15(32-21(3,4)5)9-16-24(19,29)11-31-16/h13-16,18-19,26-27,29-30H,9-11H2,1-8H3/t13?,14?,15?,16?,18?,19?,23-,24?,25?/m1/s1. The summed E-state index contributed by atoms with van der Waals surface area (Å²) in [5, 5.41) is 46.3. The van der Waals surface area contributed by atoms with Crippen molar-refractivity contribution in [2.75, 3.05) is 6.61 Å². The Balaban J connectivity index is 1.99. The molecule has 182 valence electrons. The van der Waals surface area contributed by atoms with Crippen molar-refractivity contribution < 1.29 is 34.7 Å². The van der Waals surface area contributed by atoms with E-state index in [0.29, 0.717) is 17.6 Å². The molecule has 4 rings (SSSR count).